The van der Waals surface area contributed by atoms with E-state index < -0.39 is 5.76 Å². The van der Waals surface area contributed by atoms with Crippen molar-refractivity contribution in [2.45, 2.75) is 19.9 Å². The van der Waals surface area contributed by atoms with Gasteiger partial charge in [-0.2, -0.15) is 0 Å². The van der Waals surface area contributed by atoms with Gasteiger partial charge in [0.25, 0.3) is 0 Å². The Balaban J connectivity index is 1.40. The highest BCUT2D eigenvalue weighted by molar-refractivity contribution is 5.91. The van der Waals surface area contributed by atoms with Crippen molar-refractivity contribution in [3.8, 4) is 11.8 Å². The number of oxazole rings is 1. The van der Waals surface area contributed by atoms with Crippen LogP contribution in [0.4, 0.5) is 5.69 Å². The summed E-state index contributed by atoms with van der Waals surface area (Å²) < 4.78 is 12.2. The van der Waals surface area contributed by atoms with Gasteiger partial charge in [0.05, 0.1) is 5.52 Å². The van der Waals surface area contributed by atoms with Crippen molar-refractivity contribution in [2.75, 3.05) is 5.32 Å². The zero-order valence-corrected chi connectivity index (χ0v) is 15.7. The minimum atomic E-state index is -0.472. The van der Waals surface area contributed by atoms with E-state index in [-0.39, 0.29) is 24.9 Å². The first-order valence-electron chi connectivity index (χ1n) is 9.04. The Morgan fingerprint density at radius 2 is 1.93 bits per heavy atom. The summed E-state index contributed by atoms with van der Waals surface area (Å²) in [5.74, 6) is -0.103. The van der Waals surface area contributed by atoms with Crippen molar-refractivity contribution in [1.82, 2.24) is 14.5 Å². The molecule has 4 rings (SSSR count). The molecule has 1 amide bonds. The minimum Gasteiger partial charge on any atom is -0.424 e. The lowest BCUT2D eigenvalue weighted by Crippen LogP contribution is -2.20. The van der Waals surface area contributed by atoms with Crippen molar-refractivity contribution < 1.29 is 13.9 Å². The number of carbonyl (C=O) groups is 1. The topological polar surface area (TPSA) is 99.3 Å². The Labute approximate surface area is 165 Å². The largest absolute Gasteiger partial charge is 0.424 e. The zero-order valence-electron chi connectivity index (χ0n) is 15.7. The lowest BCUT2D eigenvalue weighted by Gasteiger charge is -2.10. The van der Waals surface area contributed by atoms with Gasteiger partial charge in [0.2, 0.25) is 5.91 Å². The second kappa shape index (κ2) is 7.97. The number of hydrogen-bond donors (Lipinski definition) is 1. The monoisotopic (exact) mass is 390 g/mol. The van der Waals surface area contributed by atoms with E-state index in [4.69, 9.17) is 9.15 Å². The fraction of sp³-hybridized carbons (Fsp3) is 0.143. The van der Waals surface area contributed by atoms with Crippen LogP contribution in [0, 0.1) is 6.92 Å². The first-order chi connectivity index (χ1) is 14.1. The van der Waals surface area contributed by atoms with Gasteiger partial charge < -0.3 is 14.5 Å². The Morgan fingerprint density at radius 1 is 1.14 bits per heavy atom. The number of anilines is 1. The van der Waals surface area contributed by atoms with Crippen LogP contribution in [0.25, 0.3) is 11.1 Å². The third-order valence-electron chi connectivity index (χ3n) is 4.36. The number of nitrogens with zero attached hydrogens (tertiary/aromatic N) is 3. The first-order valence-corrected chi connectivity index (χ1v) is 9.04. The number of ether oxygens (including phenoxy) is 1. The van der Waals surface area contributed by atoms with Crippen molar-refractivity contribution in [1.29, 1.82) is 0 Å². The molecule has 0 aliphatic carbocycles. The number of para-hydroxylation sites is 2. The highest BCUT2D eigenvalue weighted by atomic mass is 16.5. The molecule has 2 aromatic heterocycles. The van der Waals surface area contributed by atoms with E-state index in [0.717, 1.165) is 5.56 Å². The summed E-state index contributed by atoms with van der Waals surface area (Å²) >= 11 is 0. The van der Waals surface area contributed by atoms with Crippen molar-refractivity contribution in [3.05, 3.63) is 77.0 Å². The summed E-state index contributed by atoms with van der Waals surface area (Å²) in [5.41, 5.74) is 2.68. The van der Waals surface area contributed by atoms with Crippen LogP contribution in [0.3, 0.4) is 0 Å². The number of hydrogen-bond acceptors (Lipinski definition) is 6. The van der Waals surface area contributed by atoms with Crippen LogP contribution < -0.4 is 15.8 Å². The molecule has 4 aromatic rings. The molecule has 0 bridgehead atoms. The third kappa shape index (κ3) is 4.16. The lowest BCUT2D eigenvalue weighted by molar-refractivity contribution is -0.116. The van der Waals surface area contributed by atoms with Crippen LogP contribution in [0.2, 0.25) is 0 Å². The highest BCUT2D eigenvalue weighted by Gasteiger charge is 2.11. The Kier molecular flexibility index (Phi) is 5.07. The number of aromatic nitrogens is 3. The van der Waals surface area contributed by atoms with Crippen molar-refractivity contribution in [2.24, 2.45) is 0 Å². The smallest absolute Gasteiger partial charge is 0.419 e. The van der Waals surface area contributed by atoms with Gasteiger partial charge in [0.1, 0.15) is 5.75 Å². The highest BCUT2D eigenvalue weighted by Crippen LogP contribution is 2.24. The van der Waals surface area contributed by atoms with Crippen LogP contribution in [0.1, 0.15) is 12.0 Å². The van der Waals surface area contributed by atoms with Gasteiger partial charge in [-0.05, 0) is 48.9 Å². The molecule has 0 saturated carbocycles. The van der Waals surface area contributed by atoms with E-state index in [0.29, 0.717) is 22.5 Å². The molecule has 1 N–H and O–H groups in total. The van der Waals surface area contributed by atoms with E-state index in [1.54, 1.807) is 54.9 Å². The fourth-order valence-corrected chi connectivity index (χ4v) is 2.94. The molecule has 146 valence electrons. The molecular weight excluding hydrogens is 372 g/mol. The summed E-state index contributed by atoms with van der Waals surface area (Å²) in [4.78, 5) is 32.4. The van der Waals surface area contributed by atoms with E-state index in [1.165, 1.54) is 4.57 Å². The number of benzene rings is 2. The number of aryl methyl sites for hydroxylation is 2. The Hall–Kier alpha value is -3.94. The van der Waals surface area contributed by atoms with Gasteiger partial charge in [-0.1, -0.05) is 12.1 Å². The molecular formula is C21H18N4O4. The van der Waals surface area contributed by atoms with Crippen molar-refractivity contribution >= 4 is 22.7 Å². The maximum Gasteiger partial charge on any atom is 0.419 e. The van der Waals surface area contributed by atoms with Gasteiger partial charge in [0, 0.05) is 31.0 Å². The predicted molar refractivity (Wildman–Crippen MR) is 107 cm³/mol. The van der Waals surface area contributed by atoms with Crippen LogP contribution in [-0.4, -0.2) is 20.4 Å². The van der Waals surface area contributed by atoms with E-state index in [9.17, 15) is 9.59 Å². The zero-order chi connectivity index (χ0) is 20.2. The number of fused-ring (bicyclic) bond motifs is 1. The van der Waals surface area contributed by atoms with E-state index >= 15 is 0 Å². The number of carbonyl (C=O) groups excluding carboxylic acids is 1. The Bertz CT molecular complexity index is 1210. The summed E-state index contributed by atoms with van der Waals surface area (Å²) in [6.45, 7) is 2.09. The summed E-state index contributed by atoms with van der Waals surface area (Å²) in [5, 5.41) is 2.86. The molecule has 0 unspecified atom stereocenters. The molecule has 0 spiro atoms. The van der Waals surface area contributed by atoms with Gasteiger partial charge in [0.15, 0.2) is 5.58 Å². The summed E-state index contributed by atoms with van der Waals surface area (Å²) in [7, 11) is 0. The van der Waals surface area contributed by atoms with Crippen LogP contribution >= 0.6 is 0 Å². The predicted octanol–water partition coefficient (Wildman–Crippen LogP) is 3.51. The van der Waals surface area contributed by atoms with Gasteiger partial charge in [-0.3, -0.25) is 9.36 Å². The summed E-state index contributed by atoms with van der Waals surface area (Å²) in [6, 6.07) is 14.4. The molecule has 2 aromatic carbocycles. The molecule has 8 heteroatoms. The molecule has 0 atom stereocenters. The number of rotatable bonds is 6. The van der Waals surface area contributed by atoms with E-state index in [1.807, 2.05) is 13.0 Å². The molecule has 8 nitrogen and oxygen atoms in total. The molecule has 2 heterocycles. The maximum absolute atomic E-state index is 12.4. The molecule has 0 radical (unpaired) electrons. The standard InChI is InChI=1S/C21H18N4O4/c1-14-13-15(28-20-22-10-4-11-23-20)7-8-16(14)24-19(26)9-12-25-17-5-2-3-6-18(17)29-21(25)27/h2-8,10-11,13H,9,12H2,1H3,(H,24,26). The second-order valence-corrected chi connectivity index (χ2v) is 6.40. The van der Waals surface area contributed by atoms with Crippen LogP contribution in [0.15, 0.2) is 70.1 Å². The maximum atomic E-state index is 12.4. The van der Waals surface area contributed by atoms with Crippen LogP contribution in [-0.2, 0) is 11.3 Å². The Morgan fingerprint density at radius 3 is 2.72 bits per heavy atom. The normalized spacial score (nSPS) is 10.8. The molecule has 0 aliphatic heterocycles. The average Bonchev–Trinajstić information content (AvgIpc) is 3.04. The molecule has 0 fully saturated rings. The van der Waals surface area contributed by atoms with Gasteiger partial charge >= 0.3 is 11.8 Å². The van der Waals surface area contributed by atoms with Gasteiger partial charge in [-0.25, -0.2) is 14.8 Å². The second-order valence-electron chi connectivity index (χ2n) is 6.40. The molecule has 0 aliphatic rings. The molecule has 29 heavy (non-hydrogen) atoms. The SMILES string of the molecule is Cc1cc(Oc2ncccn2)ccc1NC(=O)CCn1c(=O)oc2ccccc21. The average molecular weight is 390 g/mol. The quantitative estimate of drug-likeness (QED) is 0.541. The third-order valence-corrected chi connectivity index (χ3v) is 4.36. The fourth-order valence-electron chi connectivity index (χ4n) is 2.94. The van der Waals surface area contributed by atoms with Crippen molar-refractivity contribution in [3.63, 3.8) is 0 Å². The first kappa shape index (κ1) is 18.4. The summed E-state index contributed by atoms with van der Waals surface area (Å²) in [6.07, 6.45) is 3.33. The molecule has 0 saturated heterocycles. The number of amides is 1. The lowest BCUT2D eigenvalue weighted by atomic mass is 10.2. The van der Waals surface area contributed by atoms with Gasteiger partial charge in [-0.15, -0.1) is 0 Å². The van der Waals surface area contributed by atoms with Crippen LogP contribution in [0.5, 0.6) is 11.8 Å². The minimum absolute atomic E-state index is 0.138. The van der Waals surface area contributed by atoms with E-state index in [2.05, 4.69) is 15.3 Å². The number of nitrogens with one attached hydrogen (secondary N) is 1.